The Balaban J connectivity index is 1.51. The molecule has 1 N–H and O–H groups in total. The molecule has 0 unspecified atom stereocenters. The molecule has 144 valence electrons. The van der Waals surface area contributed by atoms with Crippen LogP contribution >= 0.6 is 0 Å². The van der Waals surface area contributed by atoms with Crippen molar-refractivity contribution in [2.75, 3.05) is 32.2 Å². The van der Waals surface area contributed by atoms with Crippen LogP contribution in [0.1, 0.15) is 30.4 Å². The molecule has 6 nitrogen and oxygen atoms in total. The predicted octanol–water partition coefficient (Wildman–Crippen LogP) is 2.95. The number of methoxy groups -OCH3 is 2. The van der Waals surface area contributed by atoms with Crippen molar-refractivity contribution >= 4 is 11.7 Å². The Hall–Kier alpha value is -2.76. The molecule has 27 heavy (non-hydrogen) atoms. The van der Waals surface area contributed by atoms with Crippen LogP contribution in [0.5, 0.6) is 11.5 Å². The molecule has 1 fully saturated rings. The molecule has 1 aliphatic rings. The van der Waals surface area contributed by atoms with Gasteiger partial charge in [-0.15, -0.1) is 0 Å². The maximum Gasteiger partial charge on any atom is 0.220 e. The summed E-state index contributed by atoms with van der Waals surface area (Å²) in [7, 11) is 3.23. The minimum atomic E-state index is 0.0207. The van der Waals surface area contributed by atoms with E-state index in [-0.39, 0.29) is 5.91 Å². The second-order valence-electron chi connectivity index (χ2n) is 6.67. The van der Waals surface area contributed by atoms with Crippen molar-refractivity contribution in [3.63, 3.8) is 0 Å². The van der Waals surface area contributed by atoms with Gasteiger partial charge in [-0.05, 0) is 49.1 Å². The number of amides is 1. The van der Waals surface area contributed by atoms with Gasteiger partial charge in [-0.2, -0.15) is 0 Å². The number of aryl methyl sites for hydroxylation is 1. The molecular formula is C21H27N3O3. The van der Waals surface area contributed by atoms with Crippen molar-refractivity contribution < 1.29 is 14.3 Å². The van der Waals surface area contributed by atoms with Crippen LogP contribution in [-0.4, -0.2) is 38.2 Å². The van der Waals surface area contributed by atoms with Crippen molar-refractivity contribution in [3.05, 3.63) is 47.7 Å². The summed E-state index contributed by atoms with van der Waals surface area (Å²) in [4.78, 5) is 19.0. The molecule has 1 aliphatic heterocycles. The lowest BCUT2D eigenvalue weighted by Gasteiger charge is -2.16. The smallest absolute Gasteiger partial charge is 0.220 e. The number of hydrogen-bond donors (Lipinski definition) is 1. The lowest BCUT2D eigenvalue weighted by atomic mass is 10.1. The first-order valence-corrected chi connectivity index (χ1v) is 9.37. The molecule has 0 spiro atoms. The molecule has 0 aliphatic carbocycles. The largest absolute Gasteiger partial charge is 0.497 e. The van der Waals surface area contributed by atoms with Crippen molar-refractivity contribution in [3.8, 4) is 11.5 Å². The van der Waals surface area contributed by atoms with Gasteiger partial charge in [-0.25, -0.2) is 4.98 Å². The highest BCUT2D eigenvalue weighted by Crippen LogP contribution is 2.24. The van der Waals surface area contributed by atoms with Crippen LogP contribution in [0.3, 0.4) is 0 Å². The number of carbonyl (C=O) groups excluding carboxylic acids is 1. The minimum Gasteiger partial charge on any atom is -0.497 e. The summed E-state index contributed by atoms with van der Waals surface area (Å²) in [6.45, 7) is 2.57. The second-order valence-corrected chi connectivity index (χ2v) is 6.67. The Labute approximate surface area is 160 Å². The number of aromatic nitrogens is 1. The topological polar surface area (TPSA) is 63.7 Å². The second kappa shape index (κ2) is 9.26. The quantitative estimate of drug-likeness (QED) is 0.775. The van der Waals surface area contributed by atoms with Crippen molar-refractivity contribution in [2.45, 2.75) is 32.2 Å². The average Bonchev–Trinajstić information content (AvgIpc) is 3.25. The number of nitrogens with one attached hydrogen (secondary N) is 1. The normalized spacial score (nSPS) is 13.5. The molecule has 2 aromatic rings. The number of benzene rings is 1. The van der Waals surface area contributed by atoms with Gasteiger partial charge >= 0.3 is 0 Å². The van der Waals surface area contributed by atoms with Crippen molar-refractivity contribution in [2.24, 2.45) is 0 Å². The molecule has 1 aromatic carbocycles. The highest BCUT2D eigenvalue weighted by atomic mass is 16.5. The minimum absolute atomic E-state index is 0.0207. The van der Waals surface area contributed by atoms with Crippen molar-refractivity contribution in [1.29, 1.82) is 0 Å². The zero-order chi connectivity index (χ0) is 19.1. The van der Waals surface area contributed by atoms with E-state index < -0.39 is 0 Å². The molecule has 6 heteroatoms. The highest BCUT2D eigenvalue weighted by Gasteiger charge is 2.14. The van der Waals surface area contributed by atoms with E-state index in [2.05, 4.69) is 21.3 Å². The first kappa shape index (κ1) is 19.0. The van der Waals surface area contributed by atoms with Crippen LogP contribution in [0.15, 0.2) is 36.5 Å². The SMILES string of the molecule is COc1ccc(CNC(=O)CCc2ccnc(N3CCCC3)c2)c(OC)c1. The molecule has 0 saturated carbocycles. The fraction of sp³-hybridized carbons (Fsp3) is 0.429. The van der Waals surface area contributed by atoms with E-state index in [0.717, 1.165) is 35.8 Å². The lowest BCUT2D eigenvalue weighted by Crippen LogP contribution is -2.23. The van der Waals surface area contributed by atoms with Gasteiger partial charge in [-0.1, -0.05) is 0 Å². The van der Waals surface area contributed by atoms with Gasteiger partial charge in [0.05, 0.1) is 14.2 Å². The third kappa shape index (κ3) is 5.12. The fourth-order valence-electron chi connectivity index (χ4n) is 3.27. The molecule has 1 amide bonds. The van der Waals surface area contributed by atoms with Gasteiger partial charge < -0.3 is 19.7 Å². The lowest BCUT2D eigenvalue weighted by molar-refractivity contribution is -0.121. The number of ether oxygens (including phenoxy) is 2. The van der Waals surface area contributed by atoms with Crippen LogP contribution in [0.2, 0.25) is 0 Å². The third-order valence-corrected chi connectivity index (χ3v) is 4.85. The first-order valence-electron chi connectivity index (χ1n) is 9.37. The maximum absolute atomic E-state index is 12.3. The number of carbonyl (C=O) groups is 1. The van der Waals surface area contributed by atoms with E-state index in [9.17, 15) is 4.79 Å². The Kier molecular flexibility index (Phi) is 6.52. The summed E-state index contributed by atoms with van der Waals surface area (Å²) >= 11 is 0. The zero-order valence-electron chi connectivity index (χ0n) is 16.0. The van der Waals surface area contributed by atoms with Gasteiger partial charge in [0.2, 0.25) is 5.91 Å². The van der Waals surface area contributed by atoms with Crippen LogP contribution in [0, 0.1) is 0 Å². The summed E-state index contributed by atoms with van der Waals surface area (Å²) in [6.07, 6.45) is 5.44. The highest BCUT2D eigenvalue weighted by molar-refractivity contribution is 5.76. The number of hydrogen-bond acceptors (Lipinski definition) is 5. The standard InChI is InChI=1S/C21H27N3O3/c1-26-18-7-6-17(19(14-18)27-2)15-23-21(25)8-5-16-9-10-22-20(13-16)24-11-3-4-12-24/h6-7,9-10,13-14H,3-5,8,11-12,15H2,1-2H3,(H,23,25). The monoisotopic (exact) mass is 369 g/mol. The van der Waals surface area contributed by atoms with E-state index in [0.29, 0.717) is 25.1 Å². The van der Waals surface area contributed by atoms with Gasteiger partial charge in [0.1, 0.15) is 17.3 Å². The average molecular weight is 369 g/mol. The van der Waals surface area contributed by atoms with Crippen molar-refractivity contribution in [1.82, 2.24) is 10.3 Å². The summed E-state index contributed by atoms with van der Waals surface area (Å²) in [5.74, 6) is 2.48. The summed E-state index contributed by atoms with van der Waals surface area (Å²) in [6, 6.07) is 9.67. The Morgan fingerprint density at radius 3 is 2.70 bits per heavy atom. The molecule has 3 rings (SSSR count). The molecular weight excluding hydrogens is 342 g/mol. The van der Waals surface area contributed by atoms with Gasteiger partial charge in [0.25, 0.3) is 0 Å². The summed E-state index contributed by atoms with van der Waals surface area (Å²) < 4.78 is 10.6. The molecule has 1 saturated heterocycles. The Bertz CT molecular complexity index is 773. The van der Waals surface area contributed by atoms with Gasteiger partial charge in [0, 0.05) is 43.9 Å². The Morgan fingerprint density at radius 1 is 1.15 bits per heavy atom. The van der Waals surface area contributed by atoms with Crippen LogP contribution in [-0.2, 0) is 17.8 Å². The third-order valence-electron chi connectivity index (χ3n) is 4.85. The molecule has 1 aromatic heterocycles. The number of pyridine rings is 1. The van der Waals surface area contributed by atoms with Gasteiger partial charge in [-0.3, -0.25) is 4.79 Å². The summed E-state index contributed by atoms with van der Waals surface area (Å²) in [5, 5.41) is 2.97. The van der Waals surface area contributed by atoms with Crippen LogP contribution in [0.25, 0.3) is 0 Å². The van der Waals surface area contributed by atoms with E-state index in [1.807, 2.05) is 30.5 Å². The van der Waals surface area contributed by atoms with E-state index in [1.54, 1.807) is 14.2 Å². The van der Waals surface area contributed by atoms with Crippen LogP contribution < -0.4 is 19.7 Å². The van der Waals surface area contributed by atoms with E-state index in [1.165, 1.54) is 12.8 Å². The fourth-order valence-corrected chi connectivity index (χ4v) is 3.27. The molecule has 2 heterocycles. The van der Waals surface area contributed by atoms with E-state index >= 15 is 0 Å². The number of rotatable bonds is 8. The molecule has 0 bridgehead atoms. The van der Waals surface area contributed by atoms with E-state index in [4.69, 9.17) is 9.47 Å². The zero-order valence-corrected chi connectivity index (χ0v) is 16.0. The van der Waals surface area contributed by atoms with Gasteiger partial charge in [0.15, 0.2) is 0 Å². The number of anilines is 1. The Morgan fingerprint density at radius 2 is 1.96 bits per heavy atom. The summed E-state index contributed by atoms with van der Waals surface area (Å²) in [5.41, 5.74) is 2.07. The van der Waals surface area contributed by atoms with Crippen LogP contribution in [0.4, 0.5) is 5.82 Å². The molecule has 0 radical (unpaired) electrons. The number of nitrogens with zero attached hydrogens (tertiary/aromatic N) is 2. The molecule has 0 atom stereocenters. The maximum atomic E-state index is 12.3. The first-order chi connectivity index (χ1) is 13.2. The predicted molar refractivity (Wildman–Crippen MR) is 105 cm³/mol.